The van der Waals surface area contributed by atoms with Crippen molar-refractivity contribution in [3.63, 3.8) is 0 Å². The van der Waals surface area contributed by atoms with Gasteiger partial charge in [0.1, 0.15) is 5.82 Å². The average molecular weight is 249 g/mol. The molecular weight excluding hydrogens is 237 g/mol. The normalized spacial score (nSPS) is 10.6. The van der Waals surface area contributed by atoms with Crippen LogP contribution in [0.4, 0.5) is 4.39 Å². The first-order valence-corrected chi connectivity index (χ1v) is 5.54. The van der Waals surface area contributed by atoms with Gasteiger partial charge in [0.25, 0.3) is 5.78 Å². The molecule has 0 aliphatic rings. The Labute approximate surface area is 103 Å². The summed E-state index contributed by atoms with van der Waals surface area (Å²) < 4.78 is 18.7. The lowest BCUT2D eigenvalue weighted by Gasteiger charge is -2.03. The van der Waals surface area contributed by atoms with E-state index in [-0.39, 0.29) is 12.2 Å². The van der Waals surface area contributed by atoms with Crippen LogP contribution in [0.1, 0.15) is 23.0 Å². The first-order chi connectivity index (χ1) is 8.54. The monoisotopic (exact) mass is 249 g/mol. The lowest BCUT2D eigenvalue weighted by Crippen LogP contribution is -2.18. The fraction of sp³-hybridized carbons (Fsp3) is 0.231. The van der Waals surface area contributed by atoms with Crippen molar-refractivity contribution >= 4 is 22.7 Å². The number of ether oxygens (including phenoxy) is 1. The number of aromatic nitrogens is 1. The summed E-state index contributed by atoms with van der Waals surface area (Å²) in [7, 11) is 0. The van der Waals surface area contributed by atoms with Crippen molar-refractivity contribution in [3.05, 3.63) is 35.3 Å². The molecule has 0 fully saturated rings. The number of halogens is 1. The Morgan fingerprint density at radius 1 is 1.39 bits per heavy atom. The molecule has 1 N–H and O–H groups in total. The van der Waals surface area contributed by atoms with Crippen LogP contribution in [-0.2, 0) is 9.53 Å². The van der Waals surface area contributed by atoms with Crippen molar-refractivity contribution in [2.75, 3.05) is 6.61 Å². The van der Waals surface area contributed by atoms with E-state index < -0.39 is 17.6 Å². The highest BCUT2D eigenvalue weighted by Crippen LogP contribution is 2.22. The highest BCUT2D eigenvalue weighted by atomic mass is 19.1. The fourth-order valence-electron chi connectivity index (χ4n) is 1.79. The van der Waals surface area contributed by atoms with Crippen LogP contribution in [0.3, 0.4) is 0 Å². The maximum absolute atomic E-state index is 14.1. The minimum Gasteiger partial charge on any atom is -0.460 e. The van der Waals surface area contributed by atoms with Gasteiger partial charge < -0.3 is 9.72 Å². The average Bonchev–Trinajstić information content (AvgIpc) is 2.71. The van der Waals surface area contributed by atoms with Crippen molar-refractivity contribution in [2.45, 2.75) is 13.8 Å². The Morgan fingerprint density at radius 3 is 2.78 bits per heavy atom. The number of carbonyl (C=O) groups excluding carboxylic acids is 2. The van der Waals surface area contributed by atoms with E-state index >= 15 is 0 Å². The molecule has 0 bridgehead atoms. The lowest BCUT2D eigenvalue weighted by molar-refractivity contribution is -0.137. The van der Waals surface area contributed by atoms with Crippen LogP contribution in [-0.4, -0.2) is 23.3 Å². The van der Waals surface area contributed by atoms with Gasteiger partial charge in [0.2, 0.25) is 0 Å². The number of fused-ring (bicyclic) bond motifs is 1. The molecule has 18 heavy (non-hydrogen) atoms. The molecule has 0 atom stereocenters. The number of rotatable bonds is 3. The summed E-state index contributed by atoms with van der Waals surface area (Å²) in [6.07, 6.45) is 0. The Morgan fingerprint density at radius 2 is 2.11 bits per heavy atom. The molecule has 0 spiro atoms. The van der Waals surface area contributed by atoms with Crippen LogP contribution >= 0.6 is 0 Å². The van der Waals surface area contributed by atoms with Crippen molar-refractivity contribution < 1.29 is 18.7 Å². The number of Topliss-reactive ketones (excluding diaryl/α,β-unsaturated/α-hetero) is 1. The van der Waals surface area contributed by atoms with Crippen LogP contribution in [0.2, 0.25) is 0 Å². The van der Waals surface area contributed by atoms with Gasteiger partial charge in [-0.25, -0.2) is 9.18 Å². The second-order valence-electron chi connectivity index (χ2n) is 3.89. The molecule has 0 amide bonds. The van der Waals surface area contributed by atoms with Crippen LogP contribution in [0.25, 0.3) is 10.9 Å². The van der Waals surface area contributed by atoms with E-state index in [2.05, 4.69) is 9.72 Å². The Balaban J connectivity index is 2.48. The number of nitrogens with one attached hydrogen (secondary N) is 1. The van der Waals surface area contributed by atoms with Crippen molar-refractivity contribution in [1.82, 2.24) is 4.98 Å². The summed E-state index contributed by atoms with van der Waals surface area (Å²) in [5, 5.41) is 0.294. The van der Waals surface area contributed by atoms with Gasteiger partial charge >= 0.3 is 5.97 Å². The predicted molar refractivity (Wildman–Crippen MR) is 64.0 cm³/mol. The van der Waals surface area contributed by atoms with E-state index in [1.54, 1.807) is 26.0 Å². The first kappa shape index (κ1) is 12.3. The summed E-state index contributed by atoms with van der Waals surface area (Å²) >= 11 is 0. The van der Waals surface area contributed by atoms with Crippen LogP contribution in [0.5, 0.6) is 0 Å². The quantitative estimate of drug-likeness (QED) is 0.516. The molecule has 4 nitrogen and oxygen atoms in total. The van der Waals surface area contributed by atoms with Gasteiger partial charge in [0.15, 0.2) is 0 Å². The highest BCUT2D eigenvalue weighted by molar-refractivity contribution is 6.41. The van der Waals surface area contributed by atoms with Gasteiger partial charge in [-0.3, -0.25) is 4.79 Å². The molecule has 0 saturated heterocycles. The maximum atomic E-state index is 14.1. The zero-order valence-corrected chi connectivity index (χ0v) is 10.0. The third-order valence-electron chi connectivity index (χ3n) is 2.58. The predicted octanol–water partition coefficient (Wildman–Crippen LogP) is 2.36. The van der Waals surface area contributed by atoms with E-state index in [0.29, 0.717) is 10.9 Å². The van der Waals surface area contributed by atoms with E-state index in [0.717, 1.165) is 5.69 Å². The van der Waals surface area contributed by atoms with Gasteiger partial charge in [0.05, 0.1) is 12.2 Å². The summed E-state index contributed by atoms with van der Waals surface area (Å²) in [6.45, 7) is 3.45. The minimum absolute atomic E-state index is 0.0811. The van der Waals surface area contributed by atoms with E-state index in [9.17, 15) is 14.0 Å². The van der Waals surface area contributed by atoms with Crippen LogP contribution in [0.15, 0.2) is 18.2 Å². The zero-order chi connectivity index (χ0) is 13.3. The van der Waals surface area contributed by atoms with E-state index in [1.807, 2.05) is 0 Å². The van der Waals surface area contributed by atoms with Gasteiger partial charge in [-0.15, -0.1) is 0 Å². The maximum Gasteiger partial charge on any atom is 0.379 e. The molecule has 1 heterocycles. The molecule has 1 aromatic heterocycles. The molecule has 2 rings (SSSR count). The molecule has 0 unspecified atom stereocenters. The summed E-state index contributed by atoms with van der Waals surface area (Å²) in [6, 6.07) is 4.44. The molecule has 0 saturated carbocycles. The third kappa shape index (κ3) is 1.99. The summed E-state index contributed by atoms with van der Waals surface area (Å²) in [4.78, 5) is 25.9. The molecule has 94 valence electrons. The largest absolute Gasteiger partial charge is 0.460 e. The Hall–Kier alpha value is -2.17. The van der Waals surface area contributed by atoms with E-state index in [4.69, 9.17) is 0 Å². The highest BCUT2D eigenvalue weighted by Gasteiger charge is 2.22. The number of benzene rings is 1. The second-order valence-corrected chi connectivity index (χ2v) is 3.89. The third-order valence-corrected chi connectivity index (χ3v) is 2.58. The molecule has 1 aromatic carbocycles. The summed E-state index contributed by atoms with van der Waals surface area (Å²) in [5.74, 6) is -2.70. The minimum atomic E-state index is -1.04. The molecule has 0 radical (unpaired) electrons. The van der Waals surface area contributed by atoms with E-state index in [1.165, 1.54) is 6.07 Å². The SMILES string of the molecule is CCOC(=O)C(=O)c1ccc2[nH]c(C)cc2c1F. The van der Waals surface area contributed by atoms with Gasteiger partial charge in [-0.2, -0.15) is 0 Å². The second kappa shape index (κ2) is 4.60. The first-order valence-electron chi connectivity index (χ1n) is 5.54. The van der Waals surface area contributed by atoms with Crippen LogP contribution < -0.4 is 0 Å². The number of aromatic amines is 1. The van der Waals surface area contributed by atoms with Crippen LogP contribution in [0, 0.1) is 12.7 Å². The molecule has 5 heteroatoms. The molecule has 0 aliphatic carbocycles. The van der Waals surface area contributed by atoms with Gasteiger partial charge in [0, 0.05) is 16.6 Å². The van der Waals surface area contributed by atoms with Crippen molar-refractivity contribution in [2.24, 2.45) is 0 Å². The molecule has 2 aromatic rings. The number of hydrogen-bond donors (Lipinski definition) is 1. The van der Waals surface area contributed by atoms with Gasteiger partial charge in [-0.05, 0) is 32.0 Å². The number of aryl methyl sites for hydroxylation is 1. The smallest absolute Gasteiger partial charge is 0.379 e. The number of esters is 1. The number of carbonyl (C=O) groups is 2. The lowest BCUT2D eigenvalue weighted by atomic mass is 10.1. The topological polar surface area (TPSA) is 59.2 Å². The standard InChI is InChI=1S/C13H12FNO3/c1-3-18-13(17)12(16)8-4-5-10-9(11(8)14)6-7(2)15-10/h4-6,15H,3H2,1-2H3. The molecule has 0 aliphatic heterocycles. The fourth-order valence-corrected chi connectivity index (χ4v) is 1.79. The molecular formula is C13H12FNO3. The van der Waals surface area contributed by atoms with Gasteiger partial charge in [-0.1, -0.05) is 0 Å². The van der Waals surface area contributed by atoms with Crippen molar-refractivity contribution in [1.29, 1.82) is 0 Å². The summed E-state index contributed by atoms with van der Waals surface area (Å²) in [5.41, 5.74) is 1.11. The Kier molecular flexibility index (Phi) is 3.14. The van der Waals surface area contributed by atoms with Crippen molar-refractivity contribution in [3.8, 4) is 0 Å². The number of ketones is 1. The zero-order valence-electron chi connectivity index (χ0n) is 10.0. The Bertz CT molecular complexity index is 630. The number of H-pyrrole nitrogens is 1. The number of hydrogen-bond acceptors (Lipinski definition) is 3.